The van der Waals surface area contributed by atoms with Crippen molar-refractivity contribution >= 4 is 35.3 Å². The number of thioether (sulfide) groups is 1. The Kier molecular flexibility index (Phi) is 5.25. The molecule has 0 aliphatic heterocycles. The number of alkyl halides is 1. The van der Waals surface area contributed by atoms with Gasteiger partial charge in [0.25, 0.3) is 0 Å². The molecule has 6 heteroatoms. The highest BCUT2D eigenvalue weighted by molar-refractivity contribution is 7.99. The summed E-state index contributed by atoms with van der Waals surface area (Å²) >= 11 is 7.03. The molecule has 86 valence electrons. The number of amides is 3. The third kappa shape index (κ3) is 3.91. The van der Waals surface area contributed by atoms with Gasteiger partial charge < -0.3 is 5.32 Å². The van der Waals surface area contributed by atoms with Crippen LogP contribution in [0.5, 0.6) is 0 Å². The van der Waals surface area contributed by atoms with Crippen molar-refractivity contribution in [1.82, 2.24) is 10.6 Å². The van der Waals surface area contributed by atoms with Gasteiger partial charge in [-0.3, -0.25) is 10.1 Å². The van der Waals surface area contributed by atoms with Crippen LogP contribution in [0.25, 0.3) is 0 Å². The SMILES string of the molecule is CSC1CCCC1NC(=O)NC(=O)CCl. The lowest BCUT2D eigenvalue weighted by Gasteiger charge is -2.18. The first-order chi connectivity index (χ1) is 7.17. The molecular formula is C9H15ClN2O2S. The van der Waals surface area contributed by atoms with Crippen LogP contribution in [0.4, 0.5) is 4.79 Å². The Hall–Kier alpha value is -0.420. The fraction of sp³-hybridized carbons (Fsp3) is 0.778. The largest absolute Gasteiger partial charge is 0.334 e. The van der Waals surface area contributed by atoms with E-state index in [4.69, 9.17) is 11.6 Å². The third-order valence-corrected chi connectivity index (χ3v) is 3.86. The van der Waals surface area contributed by atoms with E-state index in [-0.39, 0.29) is 11.9 Å². The van der Waals surface area contributed by atoms with Crippen molar-refractivity contribution in [2.24, 2.45) is 0 Å². The molecule has 2 N–H and O–H groups in total. The highest BCUT2D eigenvalue weighted by Crippen LogP contribution is 2.28. The molecule has 3 amide bonds. The zero-order chi connectivity index (χ0) is 11.3. The molecule has 2 unspecified atom stereocenters. The summed E-state index contributed by atoms with van der Waals surface area (Å²) in [6.07, 6.45) is 5.26. The molecule has 1 saturated carbocycles. The first kappa shape index (κ1) is 12.6. The van der Waals surface area contributed by atoms with E-state index in [1.54, 1.807) is 11.8 Å². The minimum absolute atomic E-state index is 0.170. The van der Waals surface area contributed by atoms with Crippen LogP contribution in [0.2, 0.25) is 0 Å². The van der Waals surface area contributed by atoms with Crippen molar-refractivity contribution in [2.45, 2.75) is 30.6 Å². The monoisotopic (exact) mass is 250 g/mol. The van der Waals surface area contributed by atoms with E-state index in [0.717, 1.165) is 19.3 Å². The van der Waals surface area contributed by atoms with E-state index in [2.05, 4.69) is 10.6 Å². The smallest absolute Gasteiger partial charge is 0.321 e. The molecule has 1 rings (SSSR count). The summed E-state index contributed by atoms with van der Waals surface area (Å²) in [5.41, 5.74) is 0. The fourth-order valence-corrected chi connectivity index (χ4v) is 2.74. The van der Waals surface area contributed by atoms with Crippen LogP contribution in [0.3, 0.4) is 0 Å². The predicted octanol–water partition coefficient (Wildman–Crippen LogP) is 1.34. The molecule has 0 heterocycles. The van der Waals surface area contributed by atoms with Crippen molar-refractivity contribution in [3.8, 4) is 0 Å². The Morgan fingerprint density at radius 3 is 2.80 bits per heavy atom. The number of hydrogen-bond acceptors (Lipinski definition) is 3. The fourth-order valence-electron chi connectivity index (χ4n) is 1.74. The minimum Gasteiger partial charge on any atom is -0.334 e. The number of urea groups is 1. The van der Waals surface area contributed by atoms with Crippen LogP contribution in [0, 0.1) is 0 Å². The zero-order valence-electron chi connectivity index (χ0n) is 8.59. The van der Waals surface area contributed by atoms with Gasteiger partial charge in [0.2, 0.25) is 5.91 Å². The lowest BCUT2D eigenvalue weighted by molar-refractivity contribution is -0.117. The van der Waals surface area contributed by atoms with Crippen molar-refractivity contribution in [2.75, 3.05) is 12.1 Å². The highest BCUT2D eigenvalue weighted by Gasteiger charge is 2.27. The Bertz CT molecular complexity index is 250. The summed E-state index contributed by atoms with van der Waals surface area (Å²) in [4.78, 5) is 22.2. The normalized spacial score (nSPS) is 24.9. The van der Waals surface area contributed by atoms with E-state index in [1.165, 1.54) is 0 Å². The van der Waals surface area contributed by atoms with Gasteiger partial charge in [-0.2, -0.15) is 11.8 Å². The molecule has 1 aliphatic rings. The summed E-state index contributed by atoms with van der Waals surface area (Å²) in [5.74, 6) is -0.655. The molecular weight excluding hydrogens is 236 g/mol. The average Bonchev–Trinajstić information content (AvgIpc) is 2.64. The van der Waals surface area contributed by atoms with Gasteiger partial charge in [-0.25, -0.2) is 4.79 Å². The Labute approximate surface area is 98.5 Å². The molecule has 0 aromatic carbocycles. The van der Waals surface area contributed by atoms with E-state index < -0.39 is 11.9 Å². The maximum absolute atomic E-state index is 11.3. The second-order valence-electron chi connectivity index (χ2n) is 3.47. The van der Waals surface area contributed by atoms with Gasteiger partial charge in [0.15, 0.2) is 0 Å². The molecule has 4 nitrogen and oxygen atoms in total. The summed E-state index contributed by atoms with van der Waals surface area (Å²) in [6, 6.07) is -0.269. The molecule has 2 atom stereocenters. The topological polar surface area (TPSA) is 58.2 Å². The maximum Gasteiger partial charge on any atom is 0.321 e. The summed E-state index contributed by atoms with van der Waals surface area (Å²) in [6.45, 7) is 0. The Morgan fingerprint density at radius 1 is 1.47 bits per heavy atom. The molecule has 0 radical (unpaired) electrons. The number of rotatable bonds is 3. The number of halogens is 1. The lowest BCUT2D eigenvalue weighted by atomic mass is 10.2. The first-order valence-corrected chi connectivity index (χ1v) is 6.68. The van der Waals surface area contributed by atoms with Crippen LogP contribution in [-0.2, 0) is 4.79 Å². The number of carbonyl (C=O) groups is 2. The van der Waals surface area contributed by atoms with E-state index in [9.17, 15) is 9.59 Å². The number of nitrogens with one attached hydrogen (secondary N) is 2. The first-order valence-electron chi connectivity index (χ1n) is 4.86. The summed E-state index contributed by atoms with van der Waals surface area (Å²) in [7, 11) is 0. The summed E-state index contributed by atoms with van der Waals surface area (Å²) < 4.78 is 0. The molecule has 1 aliphatic carbocycles. The minimum atomic E-state index is -0.465. The average molecular weight is 251 g/mol. The van der Waals surface area contributed by atoms with Gasteiger partial charge in [-0.05, 0) is 19.1 Å². The Morgan fingerprint density at radius 2 is 2.20 bits per heavy atom. The number of hydrogen-bond donors (Lipinski definition) is 2. The van der Waals surface area contributed by atoms with Crippen LogP contribution < -0.4 is 10.6 Å². The second-order valence-corrected chi connectivity index (χ2v) is 4.81. The molecule has 0 aromatic heterocycles. The van der Waals surface area contributed by atoms with Crippen molar-refractivity contribution in [3.05, 3.63) is 0 Å². The van der Waals surface area contributed by atoms with E-state index >= 15 is 0 Å². The van der Waals surface area contributed by atoms with Crippen LogP contribution in [0.1, 0.15) is 19.3 Å². The van der Waals surface area contributed by atoms with Gasteiger partial charge in [0, 0.05) is 11.3 Å². The standard InChI is InChI=1S/C9H15ClN2O2S/c1-15-7-4-2-3-6(7)11-9(14)12-8(13)5-10/h6-7H,2-5H2,1H3,(H2,11,12,13,14). The molecule has 15 heavy (non-hydrogen) atoms. The summed E-state index contributed by atoms with van der Waals surface area (Å²) in [5, 5.41) is 5.43. The Balaban J connectivity index is 2.34. The molecule has 0 spiro atoms. The van der Waals surface area contributed by atoms with Crippen molar-refractivity contribution < 1.29 is 9.59 Å². The molecule has 0 saturated heterocycles. The van der Waals surface area contributed by atoms with Crippen molar-refractivity contribution in [3.63, 3.8) is 0 Å². The van der Waals surface area contributed by atoms with Gasteiger partial charge in [-0.15, -0.1) is 11.6 Å². The number of imide groups is 1. The maximum atomic E-state index is 11.3. The third-order valence-electron chi connectivity index (χ3n) is 2.45. The zero-order valence-corrected chi connectivity index (χ0v) is 10.2. The van der Waals surface area contributed by atoms with Gasteiger partial charge in [-0.1, -0.05) is 6.42 Å². The van der Waals surface area contributed by atoms with Gasteiger partial charge in [0.05, 0.1) is 0 Å². The number of carbonyl (C=O) groups excluding carboxylic acids is 2. The van der Waals surface area contributed by atoms with Crippen LogP contribution >= 0.6 is 23.4 Å². The van der Waals surface area contributed by atoms with Gasteiger partial charge in [0.1, 0.15) is 5.88 Å². The van der Waals surface area contributed by atoms with E-state index in [0.29, 0.717) is 5.25 Å². The highest BCUT2D eigenvalue weighted by atomic mass is 35.5. The van der Waals surface area contributed by atoms with Crippen molar-refractivity contribution in [1.29, 1.82) is 0 Å². The molecule has 0 bridgehead atoms. The van der Waals surface area contributed by atoms with Gasteiger partial charge >= 0.3 is 6.03 Å². The predicted molar refractivity (Wildman–Crippen MR) is 62.3 cm³/mol. The lowest BCUT2D eigenvalue weighted by Crippen LogP contribution is -2.46. The van der Waals surface area contributed by atoms with E-state index in [1.807, 2.05) is 6.26 Å². The quantitative estimate of drug-likeness (QED) is 0.743. The molecule has 0 aromatic rings. The molecule has 1 fully saturated rings. The second kappa shape index (κ2) is 6.23. The van der Waals surface area contributed by atoms with Crippen LogP contribution in [0.15, 0.2) is 0 Å². The van der Waals surface area contributed by atoms with Crippen LogP contribution in [-0.4, -0.2) is 35.4 Å².